The summed E-state index contributed by atoms with van der Waals surface area (Å²) < 4.78 is 10.2. The highest BCUT2D eigenvalue weighted by atomic mass is 16.5. The van der Waals surface area contributed by atoms with Gasteiger partial charge in [-0.3, -0.25) is 4.79 Å². The van der Waals surface area contributed by atoms with E-state index in [4.69, 9.17) is 14.6 Å². The summed E-state index contributed by atoms with van der Waals surface area (Å²) in [6, 6.07) is 13.7. The summed E-state index contributed by atoms with van der Waals surface area (Å²) in [4.78, 5) is 22.6. The predicted molar refractivity (Wildman–Crippen MR) is 85.9 cm³/mol. The first-order chi connectivity index (χ1) is 11.1. The molecule has 0 spiro atoms. The van der Waals surface area contributed by atoms with Gasteiger partial charge in [0.25, 0.3) is 0 Å². The summed E-state index contributed by atoms with van der Waals surface area (Å²) in [6.07, 6.45) is 3.15. The van der Waals surface area contributed by atoms with Gasteiger partial charge in [-0.2, -0.15) is 0 Å². The third-order valence-electron chi connectivity index (χ3n) is 3.05. The van der Waals surface area contributed by atoms with E-state index in [2.05, 4.69) is 0 Å². The van der Waals surface area contributed by atoms with E-state index in [0.29, 0.717) is 17.1 Å². The van der Waals surface area contributed by atoms with Crippen LogP contribution >= 0.6 is 0 Å². The highest BCUT2D eigenvalue weighted by Gasteiger charge is 2.04. The fourth-order valence-corrected chi connectivity index (χ4v) is 1.93. The second-order valence-corrected chi connectivity index (χ2v) is 4.65. The van der Waals surface area contributed by atoms with E-state index in [0.717, 1.165) is 5.56 Å². The first-order valence-corrected chi connectivity index (χ1v) is 6.90. The van der Waals surface area contributed by atoms with E-state index >= 15 is 0 Å². The van der Waals surface area contributed by atoms with E-state index in [9.17, 15) is 9.59 Å². The van der Waals surface area contributed by atoms with Crippen LogP contribution in [0.4, 0.5) is 0 Å². The van der Waals surface area contributed by atoms with Gasteiger partial charge in [0.15, 0.2) is 12.4 Å². The Bertz CT molecular complexity index is 716. The summed E-state index contributed by atoms with van der Waals surface area (Å²) in [6.45, 7) is -0.416. The molecule has 0 aliphatic heterocycles. The number of ketones is 1. The number of allylic oxidation sites excluding steroid dienone is 1. The molecule has 0 aromatic heterocycles. The van der Waals surface area contributed by atoms with Crippen molar-refractivity contribution in [2.24, 2.45) is 0 Å². The molecule has 5 heteroatoms. The number of carboxylic acid groups (broad SMARTS) is 1. The third-order valence-corrected chi connectivity index (χ3v) is 3.05. The zero-order valence-corrected chi connectivity index (χ0v) is 12.6. The van der Waals surface area contributed by atoms with Crippen LogP contribution in [0.1, 0.15) is 15.9 Å². The second kappa shape index (κ2) is 7.79. The number of ether oxygens (including phenoxy) is 2. The van der Waals surface area contributed by atoms with Crippen LogP contribution in [-0.2, 0) is 4.79 Å². The molecule has 0 saturated heterocycles. The number of carboxylic acids is 1. The van der Waals surface area contributed by atoms with Crippen LogP contribution < -0.4 is 9.47 Å². The van der Waals surface area contributed by atoms with Crippen molar-refractivity contribution < 1.29 is 24.2 Å². The lowest BCUT2D eigenvalue weighted by atomic mass is 10.1. The molecule has 0 heterocycles. The zero-order valence-electron chi connectivity index (χ0n) is 12.6. The number of hydrogen-bond donors (Lipinski definition) is 1. The quantitative estimate of drug-likeness (QED) is 0.628. The average Bonchev–Trinajstić information content (AvgIpc) is 2.58. The van der Waals surface area contributed by atoms with Crippen LogP contribution in [0.25, 0.3) is 6.08 Å². The molecule has 0 radical (unpaired) electrons. The smallest absolute Gasteiger partial charge is 0.341 e. The molecule has 2 rings (SSSR count). The highest BCUT2D eigenvalue weighted by Crippen LogP contribution is 2.19. The second-order valence-electron chi connectivity index (χ2n) is 4.65. The van der Waals surface area contributed by atoms with Crippen LogP contribution in [0, 0.1) is 0 Å². The molecular weight excluding hydrogens is 296 g/mol. The van der Waals surface area contributed by atoms with Gasteiger partial charge in [-0.25, -0.2) is 4.79 Å². The monoisotopic (exact) mass is 312 g/mol. The molecular formula is C18H16O5. The largest absolute Gasteiger partial charge is 0.496 e. The molecule has 5 nitrogen and oxygen atoms in total. The van der Waals surface area contributed by atoms with Crippen molar-refractivity contribution in [3.05, 3.63) is 65.7 Å². The Balaban J connectivity index is 2.05. The maximum Gasteiger partial charge on any atom is 0.341 e. The van der Waals surface area contributed by atoms with E-state index in [1.165, 1.54) is 6.08 Å². The van der Waals surface area contributed by atoms with Crippen LogP contribution in [0.5, 0.6) is 11.5 Å². The Morgan fingerprint density at radius 2 is 1.78 bits per heavy atom. The molecule has 2 aromatic rings. The van der Waals surface area contributed by atoms with Crippen LogP contribution in [0.2, 0.25) is 0 Å². The Morgan fingerprint density at radius 3 is 2.43 bits per heavy atom. The number of benzene rings is 2. The molecule has 0 unspecified atom stereocenters. The molecule has 0 aliphatic rings. The summed E-state index contributed by atoms with van der Waals surface area (Å²) in [7, 11) is 1.57. The Morgan fingerprint density at radius 1 is 1.09 bits per heavy atom. The third kappa shape index (κ3) is 4.71. The maximum atomic E-state index is 12.1. The van der Waals surface area contributed by atoms with E-state index in [-0.39, 0.29) is 5.78 Å². The van der Waals surface area contributed by atoms with Crippen molar-refractivity contribution in [3.8, 4) is 11.5 Å². The summed E-state index contributed by atoms with van der Waals surface area (Å²) in [5, 5.41) is 8.54. The molecule has 0 amide bonds. The van der Waals surface area contributed by atoms with Gasteiger partial charge in [-0.1, -0.05) is 18.2 Å². The van der Waals surface area contributed by atoms with Crippen LogP contribution in [-0.4, -0.2) is 30.6 Å². The SMILES string of the molecule is COc1ccccc1/C=C/C(=O)c1ccc(OCC(=O)O)cc1. The fraction of sp³-hybridized carbons (Fsp3) is 0.111. The molecule has 1 N–H and O–H groups in total. The molecule has 0 saturated carbocycles. The number of para-hydroxylation sites is 1. The van der Waals surface area contributed by atoms with E-state index < -0.39 is 12.6 Å². The minimum Gasteiger partial charge on any atom is -0.496 e. The minimum atomic E-state index is -1.05. The number of methoxy groups -OCH3 is 1. The van der Waals surface area contributed by atoms with Gasteiger partial charge in [-0.05, 0) is 42.5 Å². The summed E-state index contributed by atoms with van der Waals surface area (Å²) in [5.74, 6) is -0.128. The van der Waals surface area contributed by atoms with Gasteiger partial charge < -0.3 is 14.6 Å². The lowest BCUT2D eigenvalue weighted by Crippen LogP contribution is -2.09. The number of aliphatic carboxylic acids is 1. The van der Waals surface area contributed by atoms with E-state index in [1.54, 1.807) is 37.5 Å². The molecule has 23 heavy (non-hydrogen) atoms. The van der Waals surface area contributed by atoms with Crippen LogP contribution in [0.3, 0.4) is 0 Å². The fourth-order valence-electron chi connectivity index (χ4n) is 1.93. The van der Waals surface area contributed by atoms with Crippen molar-refractivity contribution in [2.45, 2.75) is 0 Å². The molecule has 0 aliphatic carbocycles. The van der Waals surface area contributed by atoms with Gasteiger partial charge in [0.1, 0.15) is 11.5 Å². The van der Waals surface area contributed by atoms with Crippen molar-refractivity contribution in [2.75, 3.05) is 13.7 Å². The Kier molecular flexibility index (Phi) is 5.52. The summed E-state index contributed by atoms with van der Waals surface area (Å²) >= 11 is 0. The topological polar surface area (TPSA) is 72.8 Å². The maximum absolute atomic E-state index is 12.1. The van der Waals surface area contributed by atoms with Gasteiger partial charge in [0.05, 0.1) is 7.11 Å². The normalized spacial score (nSPS) is 10.5. The Labute approximate surface area is 133 Å². The first kappa shape index (κ1) is 16.3. The number of carbonyl (C=O) groups is 2. The van der Waals surface area contributed by atoms with Gasteiger partial charge in [-0.15, -0.1) is 0 Å². The molecule has 0 atom stereocenters. The van der Waals surface area contributed by atoms with Gasteiger partial charge in [0.2, 0.25) is 0 Å². The van der Waals surface area contributed by atoms with Crippen molar-refractivity contribution in [1.82, 2.24) is 0 Å². The van der Waals surface area contributed by atoms with Gasteiger partial charge >= 0.3 is 5.97 Å². The number of hydrogen-bond acceptors (Lipinski definition) is 4. The molecule has 0 fully saturated rings. The molecule has 0 bridgehead atoms. The lowest BCUT2D eigenvalue weighted by Gasteiger charge is -2.04. The van der Waals surface area contributed by atoms with Crippen molar-refractivity contribution >= 4 is 17.8 Å². The lowest BCUT2D eigenvalue weighted by molar-refractivity contribution is -0.139. The van der Waals surface area contributed by atoms with Crippen LogP contribution in [0.15, 0.2) is 54.6 Å². The predicted octanol–water partition coefficient (Wildman–Crippen LogP) is 3.05. The molecule has 118 valence electrons. The standard InChI is InChI=1S/C18H16O5/c1-22-17-5-3-2-4-14(17)8-11-16(19)13-6-9-15(10-7-13)23-12-18(20)21/h2-11H,12H2,1H3,(H,20,21)/b11-8+. The molecule has 2 aromatic carbocycles. The highest BCUT2D eigenvalue weighted by molar-refractivity contribution is 6.07. The van der Waals surface area contributed by atoms with Crippen molar-refractivity contribution in [3.63, 3.8) is 0 Å². The minimum absolute atomic E-state index is 0.166. The number of carbonyl (C=O) groups excluding carboxylic acids is 1. The van der Waals surface area contributed by atoms with Crippen molar-refractivity contribution in [1.29, 1.82) is 0 Å². The first-order valence-electron chi connectivity index (χ1n) is 6.90. The zero-order chi connectivity index (χ0) is 16.7. The summed E-state index contributed by atoms with van der Waals surface area (Å²) in [5.41, 5.74) is 1.29. The number of rotatable bonds is 7. The average molecular weight is 312 g/mol. The Hall–Kier alpha value is -3.08. The van der Waals surface area contributed by atoms with E-state index in [1.807, 2.05) is 24.3 Å². The van der Waals surface area contributed by atoms with Gasteiger partial charge in [0, 0.05) is 11.1 Å².